The molecule has 2 rings (SSSR count). The van der Waals surface area contributed by atoms with Gasteiger partial charge < -0.3 is 0 Å². The van der Waals surface area contributed by atoms with E-state index in [4.69, 9.17) is 0 Å². The number of benzene rings is 1. The molecule has 1 aromatic carbocycles. The molecule has 0 aliphatic carbocycles. The summed E-state index contributed by atoms with van der Waals surface area (Å²) >= 11 is 3.09. The number of carbonyl (C=O) groups is 1. The van der Waals surface area contributed by atoms with Gasteiger partial charge in [0.1, 0.15) is 5.82 Å². The van der Waals surface area contributed by atoms with Crippen LogP contribution in [-0.4, -0.2) is 15.6 Å². The van der Waals surface area contributed by atoms with Crippen molar-refractivity contribution in [2.24, 2.45) is 0 Å². The highest BCUT2D eigenvalue weighted by Gasteiger charge is 2.12. The van der Waals surface area contributed by atoms with Crippen molar-refractivity contribution in [2.75, 3.05) is 0 Å². The second-order valence-corrected chi connectivity index (χ2v) is 5.63. The van der Waals surface area contributed by atoms with Crippen molar-refractivity contribution >= 4 is 21.7 Å². The molecule has 1 heterocycles. The molecule has 0 radical (unpaired) electrons. The molecule has 0 N–H and O–H groups in total. The van der Waals surface area contributed by atoms with Gasteiger partial charge in [0.2, 0.25) is 0 Å². The van der Waals surface area contributed by atoms with Gasteiger partial charge in [-0.3, -0.25) is 9.48 Å². The highest BCUT2D eigenvalue weighted by atomic mass is 79.9. The predicted molar refractivity (Wildman–Crippen MR) is 79.4 cm³/mol. The quantitative estimate of drug-likeness (QED) is 0.766. The van der Waals surface area contributed by atoms with Crippen LogP contribution < -0.4 is 0 Å². The zero-order valence-corrected chi connectivity index (χ0v) is 13.0. The van der Waals surface area contributed by atoms with Crippen LogP contribution in [0.5, 0.6) is 0 Å². The summed E-state index contributed by atoms with van der Waals surface area (Å²) in [6.07, 6.45) is 3.10. The lowest BCUT2D eigenvalue weighted by Crippen LogP contribution is -2.08. The van der Waals surface area contributed by atoms with Crippen LogP contribution in [0.2, 0.25) is 0 Å². The fourth-order valence-corrected chi connectivity index (χ4v) is 2.22. The summed E-state index contributed by atoms with van der Waals surface area (Å²) in [4.78, 5) is 12.1. The lowest BCUT2D eigenvalue weighted by Gasteiger charge is -2.08. The molecule has 0 saturated carbocycles. The van der Waals surface area contributed by atoms with Crippen LogP contribution in [0, 0.1) is 5.82 Å². The smallest absolute Gasteiger partial charge is 0.168 e. The molecule has 0 bridgehead atoms. The van der Waals surface area contributed by atoms with Crippen LogP contribution in [0.3, 0.4) is 0 Å². The minimum atomic E-state index is -0.373. The Balaban J connectivity index is 2.11. The zero-order valence-electron chi connectivity index (χ0n) is 11.4. The molecule has 106 valence electrons. The van der Waals surface area contributed by atoms with Crippen molar-refractivity contribution in [3.63, 3.8) is 0 Å². The van der Waals surface area contributed by atoms with E-state index in [-0.39, 0.29) is 18.0 Å². The van der Waals surface area contributed by atoms with Gasteiger partial charge >= 0.3 is 0 Å². The lowest BCUT2D eigenvalue weighted by molar-refractivity contribution is 0.0991. The first-order chi connectivity index (χ1) is 9.51. The molecule has 5 heteroatoms. The van der Waals surface area contributed by atoms with Gasteiger partial charge in [0.25, 0.3) is 0 Å². The van der Waals surface area contributed by atoms with Crippen molar-refractivity contribution in [1.29, 1.82) is 0 Å². The third-order valence-electron chi connectivity index (χ3n) is 3.29. The minimum Gasteiger partial charge on any atom is -0.294 e. The molecule has 0 aliphatic rings. The Morgan fingerprint density at radius 2 is 2.20 bits per heavy atom. The van der Waals surface area contributed by atoms with Crippen LogP contribution in [0.1, 0.15) is 42.4 Å². The van der Waals surface area contributed by atoms with E-state index in [0.29, 0.717) is 16.1 Å². The van der Waals surface area contributed by atoms with Gasteiger partial charge in [0.15, 0.2) is 5.78 Å². The third kappa shape index (κ3) is 3.33. The number of halogens is 2. The molecule has 1 aromatic heterocycles. The Labute approximate surface area is 125 Å². The van der Waals surface area contributed by atoms with Crippen LogP contribution in [-0.2, 0) is 6.42 Å². The Kier molecular flexibility index (Phi) is 4.70. The largest absolute Gasteiger partial charge is 0.294 e. The second-order valence-electron chi connectivity index (χ2n) is 4.77. The number of Topliss-reactive ketones (excluding diaryl/α,β-unsaturated/α-hetero) is 1. The molecule has 1 atom stereocenters. The first kappa shape index (κ1) is 14.9. The first-order valence-corrected chi connectivity index (χ1v) is 7.32. The molecule has 0 amide bonds. The van der Waals surface area contributed by atoms with Gasteiger partial charge in [0, 0.05) is 17.8 Å². The van der Waals surface area contributed by atoms with Crippen molar-refractivity contribution in [2.45, 2.75) is 32.7 Å². The molecule has 0 fully saturated rings. The maximum absolute atomic E-state index is 13.1. The first-order valence-electron chi connectivity index (χ1n) is 6.53. The zero-order chi connectivity index (χ0) is 14.7. The maximum atomic E-state index is 13.1. The van der Waals surface area contributed by atoms with Crippen molar-refractivity contribution < 1.29 is 9.18 Å². The topological polar surface area (TPSA) is 34.9 Å². The van der Waals surface area contributed by atoms with Crippen LogP contribution in [0.25, 0.3) is 0 Å². The normalized spacial score (nSPS) is 12.4. The Morgan fingerprint density at radius 3 is 2.85 bits per heavy atom. The van der Waals surface area contributed by atoms with Crippen LogP contribution >= 0.6 is 15.9 Å². The molecule has 2 aromatic rings. The number of hydrogen-bond donors (Lipinski definition) is 0. The van der Waals surface area contributed by atoms with Crippen molar-refractivity contribution in [1.82, 2.24) is 9.78 Å². The van der Waals surface area contributed by atoms with Gasteiger partial charge in [-0.2, -0.15) is 5.10 Å². The Bertz CT molecular complexity index is 624. The number of ketones is 1. The van der Waals surface area contributed by atoms with Crippen molar-refractivity contribution in [3.8, 4) is 0 Å². The summed E-state index contributed by atoms with van der Waals surface area (Å²) < 4.78 is 15.3. The average molecular weight is 339 g/mol. The van der Waals surface area contributed by atoms with E-state index in [1.165, 1.54) is 18.2 Å². The van der Waals surface area contributed by atoms with E-state index in [0.717, 1.165) is 12.1 Å². The van der Waals surface area contributed by atoms with E-state index in [9.17, 15) is 9.18 Å². The lowest BCUT2D eigenvalue weighted by atomic mass is 10.1. The fourth-order valence-electron chi connectivity index (χ4n) is 1.84. The number of carbonyl (C=O) groups excluding carboxylic acids is 1. The van der Waals surface area contributed by atoms with E-state index in [1.54, 1.807) is 0 Å². The van der Waals surface area contributed by atoms with E-state index >= 15 is 0 Å². The van der Waals surface area contributed by atoms with Crippen LogP contribution in [0.4, 0.5) is 4.39 Å². The van der Waals surface area contributed by atoms with Gasteiger partial charge in [-0.15, -0.1) is 0 Å². The molecule has 3 nitrogen and oxygen atoms in total. The summed E-state index contributed by atoms with van der Waals surface area (Å²) in [6, 6.07) is 6.45. The number of rotatable bonds is 5. The second kappa shape index (κ2) is 6.31. The highest BCUT2D eigenvalue weighted by Crippen LogP contribution is 2.18. The molecule has 1 unspecified atom stereocenters. The van der Waals surface area contributed by atoms with Gasteiger partial charge in [0.05, 0.1) is 16.6 Å². The molecule has 0 saturated heterocycles. The summed E-state index contributed by atoms with van der Waals surface area (Å²) in [6.45, 7) is 4.17. The SMILES string of the molecule is CCC(C)n1ccc(CC(=O)c2ccc(F)c(Br)c2)n1. The van der Waals surface area contributed by atoms with E-state index < -0.39 is 0 Å². The van der Waals surface area contributed by atoms with Gasteiger partial charge in [-0.05, 0) is 53.5 Å². The molecule has 0 aliphatic heterocycles. The summed E-state index contributed by atoms with van der Waals surface area (Å²) in [5.41, 5.74) is 1.21. The minimum absolute atomic E-state index is 0.0694. The average Bonchev–Trinajstić information content (AvgIpc) is 2.89. The summed E-state index contributed by atoms with van der Waals surface area (Å²) in [5.74, 6) is -0.442. The van der Waals surface area contributed by atoms with Gasteiger partial charge in [-0.25, -0.2) is 4.39 Å². The van der Waals surface area contributed by atoms with E-state index in [1.807, 2.05) is 16.9 Å². The molecule has 0 spiro atoms. The Hall–Kier alpha value is -1.49. The van der Waals surface area contributed by atoms with Gasteiger partial charge in [-0.1, -0.05) is 6.92 Å². The molecule has 20 heavy (non-hydrogen) atoms. The number of aromatic nitrogens is 2. The maximum Gasteiger partial charge on any atom is 0.168 e. The number of nitrogens with zero attached hydrogens (tertiary/aromatic N) is 2. The third-order valence-corrected chi connectivity index (χ3v) is 3.90. The van der Waals surface area contributed by atoms with Crippen LogP contribution in [0.15, 0.2) is 34.9 Å². The molecular weight excluding hydrogens is 323 g/mol. The van der Waals surface area contributed by atoms with Crippen molar-refractivity contribution in [3.05, 3.63) is 52.0 Å². The number of hydrogen-bond acceptors (Lipinski definition) is 2. The summed E-state index contributed by atoms with van der Waals surface area (Å²) in [5, 5.41) is 4.40. The predicted octanol–water partition coefficient (Wildman–Crippen LogP) is 4.18. The Morgan fingerprint density at radius 1 is 1.45 bits per heavy atom. The molecular formula is C15H16BrFN2O. The standard InChI is InChI=1S/C15H16BrFN2O/c1-3-10(2)19-7-6-12(18-19)9-15(20)11-4-5-14(17)13(16)8-11/h4-8,10H,3,9H2,1-2H3. The van der Waals surface area contributed by atoms with E-state index in [2.05, 4.69) is 34.9 Å². The fraction of sp³-hybridized carbons (Fsp3) is 0.333. The monoisotopic (exact) mass is 338 g/mol. The highest BCUT2D eigenvalue weighted by molar-refractivity contribution is 9.10. The summed E-state index contributed by atoms with van der Waals surface area (Å²) in [7, 11) is 0.